The van der Waals surface area contributed by atoms with Crippen LogP contribution in [0, 0.1) is 24.7 Å². The van der Waals surface area contributed by atoms with Crippen LogP contribution in [0.25, 0.3) is 0 Å². The van der Waals surface area contributed by atoms with Gasteiger partial charge in [-0.05, 0) is 43.2 Å². The summed E-state index contributed by atoms with van der Waals surface area (Å²) in [5, 5.41) is 3.77. The highest BCUT2D eigenvalue weighted by Gasteiger charge is 2.19. The molecule has 0 radical (unpaired) electrons. The fourth-order valence-electron chi connectivity index (χ4n) is 2.82. The zero-order valence-corrected chi connectivity index (χ0v) is 13.5. The summed E-state index contributed by atoms with van der Waals surface area (Å²) in [5.74, 6) is 2.23. The van der Waals surface area contributed by atoms with Gasteiger partial charge < -0.3 is 5.32 Å². The third kappa shape index (κ3) is 4.99. The smallest absolute Gasteiger partial charge is 0.0317 e. The average Bonchev–Trinajstić information content (AvgIpc) is 2.35. The topological polar surface area (TPSA) is 12.0 Å². The molecule has 0 aliphatic heterocycles. The minimum Gasteiger partial charge on any atom is -0.310 e. The van der Waals surface area contributed by atoms with E-state index in [4.69, 9.17) is 0 Å². The van der Waals surface area contributed by atoms with Crippen molar-refractivity contribution in [2.45, 2.75) is 54.0 Å². The molecule has 0 fully saturated rings. The first-order valence-corrected chi connectivity index (χ1v) is 7.75. The lowest BCUT2D eigenvalue weighted by molar-refractivity contribution is 0.264. The summed E-state index contributed by atoms with van der Waals surface area (Å²) in [6, 6.07) is 9.43. The van der Waals surface area contributed by atoms with E-state index in [9.17, 15) is 0 Å². The Bertz CT molecular complexity index is 342. The van der Waals surface area contributed by atoms with Crippen LogP contribution in [0.1, 0.15) is 58.2 Å². The van der Waals surface area contributed by atoms with Gasteiger partial charge in [-0.2, -0.15) is 0 Å². The molecule has 0 heterocycles. The summed E-state index contributed by atoms with van der Waals surface area (Å²) in [4.78, 5) is 0. The lowest BCUT2D eigenvalue weighted by Gasteiger charge is -2.28. The Morgan fingerprint density at radius 3 is 1.89 bits per heavy atom. The van der Waals surface area contributed by atoms with Crippen LogP contribution in [0.3, 0.4) is 0 Å². The van der Waals surface area contributed by atoms with Crippen LogP contribution < -0.4 is 5.32 Å². The molecule has 1 atom stereocenters. The monoisotopic (exact) mass is 261 g/mol. The van der Waals surface area contributed by atoms with Crippen molar-refractivity contribution in [2.24, 2.45) is 17.8 Å². The van der Waals surface area contributed by atoms with E-state index in [2.05, 4.69) is 71.1 Å². The quantitative estimate of drug-likeness (QED) is 0.731. The molecule has 1 rings (SSSR count). The van der Waals surface area contributed by atoms with Crippen LogP contribution in [0.15, 0.2) is 24.3 Å². The molecule has 0 saturated heterocycles. The zero-order chi connectivity index (χ0) is 14.4. The molecule has 0 aliphatic rings. The molecule has 1 N–H and O–H groups in total. The zero-order valence-electron chi connectivity index (χ0n) is 13.5. The number of rotatable bonds is 7. The van der Waals surface area contributed by atoms with E-state index < -0.39 is 0 Å². The molecule has 1 heteroatoms. The molecular weight excluding hydrogens is 230 g/mol. The van der Waals surface area contributed by atoms with Gasteiger partial charge in [0.2, 0.25) is 0 Å². The standard InChI is InChI=1S/C18H31N/c1-7-18(16-10-8-15(6)9-11-16)19-12-17(13(2)3)14(4)5/h8-11,13-14,17-19H,7,12H2,1-6H3. The fraction of sp³-hybridized carbons (Fsp3) is 0.667. The Hall–Kier alpha value is -0.820. The largest absolute Gasteiger partial charge is 0.310 e. The van der Waals surface area contributed by atoms with E-state index in [0.29, 0.717) is 6.04 Å². The molecule has 1 nitrogen and oxygen atoms in total. The molecule has 0 aromatic heterocycles. The van der Waals surface area contributed by atoms with E-state index in [1.165, 1.54) is 11.1 Å². The first-order valence-electron chi connectivity index (χ1n) is 7.75. The molecule has 0 aliphatic carbocycles. The van der Waals surface area contributed by atoms with Crippen LogP contribution >= 0.6 is 0 Å². The van der Waals surface area contributed by atoms with Crippen molar-refractivity contribution in [2.75, 3.05) is 6.54 Å². The first kappa shape index (κ1) is 16.2. The van der Waals surface area contributed by atoms with Gasteiger partial charge in [0.15, 0.2) is 0 Å². The third-order valence-electron chi connectivity index (χ3n) is 4.20. The SMILES string of the molecule is CCC(NCC(C(C)C)C(C)C)c1ccc(C)cc1. The van der Waals surface area contributed by atoms with Gasteiger partial charge in [0.25, 0.3) is 0 Å². The molecule has 0 saturated carbocycles. The number of nitrogens with one attached hydrogen (secondary N) is 1. The van der Waals surface area contributed by atoms with Crippen molar-refractivity contribution in [1.29, 1.82) is 0 Å². The second-order valence-electron chi connectivity index (χ2n) is 6.43. The maximum atomic E-state index is 3.77. The van der Waals surface area contributed by atoms with Crippen molar-refractivity contribution >= 4 is 0 Å². The maximum absolute atomic E-state index is 3.77. The maximum Gasteiger partial charge on any atom is 0.0317 e. The van der Waals surface area contributed by atoms with Crippen molar-refractivity contribution in [1.82, 2.24) is 5.32 Å². The lowest BCUT2D eigenvalue weighted by atomic mass is 9.85. The van der Waals surface area contributed by atoms with Crippen molar-refractivity contribution in [3.63, 3.8) is 0 Å². The van der Waals surface area contributed by atoms with E-state index in [1.807, 2.05) is 0 Å². The number of hydrogen-bond acceptors (Lipinski definition) is 1. The van der Waals surface area contributed by atoms with Crippen molar-refractivity contribution < 1.29 is 0 Å². The Morgan fingerprint density at radius 2 is 1.47 bits per heavy atom. The van der Waals surface area contributed by atoms with E-state index in [1.54, 1.807) is 0 Å². The summed E-state index contributed by atoms with van der Waals surface area (Å²) >= 11 is 0. The van der Waals surface area contributed by atoms with Gasteiger partial charge in [0.05, 0.1) is 0 Å². The Morgan fingerprint density at radius 1 is 0.947 bits per heavy atom. The molecule has 0 spiro atoms. The first-order chi connectivity index (χ1) is 8.95. The Balaban J connectivity index is 2.64. The number of aryl methyl sites for hydroxylation is 1. The normalized spacial score (nSPS) is 13.5. The van der Waals surface area contributed by atoms with Crippen LogP contribution in [0.5, 0.6) is 0 Å². The highest BCUT2D eigenvalue weighted by molar-refractivity contribution is 5.24. The molecule has 0 bridgehead atoms. The molecule has 19 heavy (non-hydrogen) atoms. The van der Waals surface area contributed by atoms with Gasteiger partial charge in [0, 0.05) is 6.04 Å². The predicted octanol–water partition coefficient (Wildman–Crippen LogP) is 4.96. The summed E-state index contributed by atoms with van der Waals surface area (Å²) < 4.78 is 0. The van der Waals surface area contributed by atoms with Gasteiger partial charge in [-0.25, -0.2) is 0 Å². The van der Waals surface area contributed by atoms with E-state index in [-0.39, 0.29) is 0 Å². The number of benzene rings is 1. The van der Waals surface area contributed by atoms with E-state index >= 15 is 0 Å². The third-order valence-corrected chi connectivity index (χ3v) is 4.20. The summed E-state index contributed by atoms with van der Waals surface area (Å²) in [5.41, 5.74) is 2.75. The van der Waals surface area contributed by atoms with Gasteiger partial charge in [-0.3, -0.25) is 0 Å². The molecule has 1 aromatic rings. The fourth-order valence-corrected chi connectivity index (χ4v) is 2.82. The molecule has 1 unspecified atom stereocenters. The average molecular weight is 261 g/mol. The molecule has 108 valence electrons. The summed E-state index contributed by atoms with van der Waals surface area (Å²) in [6.07, 6.45) is 1.14. The highest BCUT2D eigenvalue weighted by Crippen LogP contribution is 2.22. The second-order valence-corrected chi connectivity index (χ2v) is 6.43. The van der Waals surface area contributed by atoms with Gasteiger partial charge in [-0.1, -0.05) is 64.4 Å². The van der Waals surface area contributed by atoms with Crippen molar-refractivity contribution in [3.05, 3.63) is 35.4 Å². The van der Waals surface area contributed by atoms with Gasteiger partial charge in [-0.15, -0.1) is 0 Å². The Labute approximate surface area is 119 Å². The van der Waals surface area contributed by atoms with Crippen LogP contribution in [-0.2, 0) is 0 Å². The molecule has 0 amide bonds. The highest BCUT2D eigenvalue weighted by atomic mass is 14.9. The van der Waals surface area contributed by atoms with Gasteiger partial charge in [0.1, 0.15) is 0 Å². The number of hydrogen-bond donors (Lipinski definition) is 1. The van der Waals surface area contributed by atoms with Crippen molar-refractivity contribution in [3.8, 4) is 0 Å². The van der Waals surface area contributed by atoms with E-state index in [0.717, 1.165) is 30.7 Å². The summed E-state index contributed by atoms with van der Waals surface area (Å²) in [7, 11) is 0. The molecule has 1 aromatic carbocycles. The second kappa shape index (κ2) is 7.69. The summed E-state index contributed by atoms with van der Waals surface area (Å²) in [6.45, 7) is 14.8. The molecular formula is C18H31N. The lowest BCUT2D eigenvalue weighted by Crippen LogP contribution is -2.32. The Kier molecular flexibility index (Phi) is 6.57. The van der Waals surface area contributed by atoms with Crippen LogP contribution in [0.4, 0.5) is 0 Å². The van der Waals surface area contributed by atoms with Crippen LogP contribution in [-0.4, -0.2) is 6.54 Å². The predicted molar refractivity (Wildman–Crippen MR) is 85.4 cm³/mol. The van der Waals surface area contributed by atoms with Gasteiger partial charge >= 0.3 is 0 Å². The van der Waals surface area contributed by atoms with Crippen LogP contribution in [0.2, 0.25) is 0 Å². The minimum atomic E-state index is 0.487. The minimum absolute atomic E-state index is 0.487.